The molecule has 2 aliphatic carbocycles. The van der Waals surface area contributed by atoms with Crippen LogP contribution in [0.2, 0.25) is 0 Å². The van der Waals surface area contributed by atoms with Gasteiger partial charge in [-0.05, 0) is 95.2 Å². The van der Waals surface area contributed by atoms with Gasteiger partial charge >= 0.3 is 6.09 Å². The summed E-state index contributed by atoms with van der Waals surface area (Å²) in [5, 5.41) is 65.1. The zero-order valence-corrected chi connectivity index (χ0v) is 71.1. The normalized spacial score (nSPS) is 29.5. The van der Waals surface area contributed by atoms with E-state index in [0.29, 0.717) is 15.7 Å². The smallest absolute Gasteiger partial charge is 0.411 e. The molecule has 0 aromatic heterocycles. The highest BCUT2D eigenvalue weighted by molar-refractivity contribution is 14.1. The van der Waals surface area contributed by atoms with Crippen molar-refractivity contribution >= 4 is 114 Å². The third-order valence-electron chi connectivity index (χ3n) is 19.7. The number of alkyl carbamates (subject to hydrolysis) is 1. The van der Waals surface area contributed by atoms with Crippen LogP contribution in [0.1, 0.15) is 137 Å². The lowest BCUT2D eigenvalue weighted by Crippen LogP contribution is -2.65. The number of ketones is 2. The summed E-state index contributed by atoms with van der Waals surface area (Å²) >= 11 is 2.75. The summed E-state index contributed by atoms with van der Waals surface area (Å²) in [5.41, 5.74) is 10.4. The first-order valence-electron chi connectivity index (χ1n) is 37.0. The molecule has 116 heavy (non-hydrogen) atoms. The lowest BCUT2D eigenvalue weighted by molar-refractivity contribution is -0.337. The fourth-order valence-electron chi connectivity index (χ4n) is 13.6. The van der Waals surface area contributed by atoms with Gasteiger partial charge in [0.15, 0.2) is 47.5 Å². The molecule has 36 nitrogen and oxygen atoms in total. The number of halogens is 1. The van der Waals surface area contributed by atoms with Gasteiger partial charge in [-0.2, -0.15) is 5.48 Å². The number of rotatable bonds is 35. The fourth-order valence-corrected chi connectivity index (χ4v) is 17.8. The van der Waals surface area contributed by atoms with Gasteiger partial charge in [0.1, 0.15) is 36.6 Å². The number of thioether (sulfide) groups is 1. The van der Waals surface area contributed by atoms with Crippen molar-refractivity contribution in [3.8, 4) is 40.9 Å². The molecule has 4 fully saturated rings. The van der Waals surface area contributed by atoms with Crippen molar-refractivity contribution in [2.24, 2.45) is 11.7 Å². The molecule has 0 spiro atoms. The number of amides is 7. The number of aliphatic hydroxyl groups excluding tert-OH is 4. The molecule has 0 saturated carbocycles. The highest BCUT2D eigenvalue weighted by Gasteiger charge is 2.53. The van der Waals surface area contributed by atoms with Crippen molar-refractivity contribution < 1.29 is 135 Å². The van der Waals surface area contributed by atoms with Crippen LogP contribution in [0.4, 0.5) is 4.79 Å². The highest BCUT2D eigenvalue weighted by atomic mass is 127. The number of allylic oxidation sites excluding steroid dienone is 3. The van der Waals surface area contributed by atoms with E-state index in [4.69, 9.17) is 67.4 Å². The summed E-state index contributed by atoms with van der Waals surface area (Å²) in [7, 11) is 10.4. The van der Waals surface area contributed by atoms with E-state index in [-0.39, 0.29) is 104 Å². The first-order chi connectivity index (χ1) is 54.4. The highest BCUT2D eigenvalue weighted by Crippen LogP contribution is 2.50. The number of aliphatic hydroxyl groups is 5. The van der Waals surface area contributed by atoms with Crippen LogP contribution in [-0.2, 0) is 85.8 Å². The molecule has 4 aliphatic heterocycles. The number of methoxy groups -OCH3 is 5. The number of benzene rings is 1. The largest absolute Gasteiger partial charge is 0.492 e. The number of Topliss-reactive ketones (excluding diaryl/α,β-unsaturated/α-hetero) is 2. The molecule has 1 aromatic carbocycles. The molecule has 4 heterocycles. The van der Waals surface area contributed by atoms with E-state index in [1.54, 1.807) is 53.4 Å². The van der Waals surface area contributed by atoms with Gasteiger partial charge in [-0.3, -0.25) is 64.2 Å². The number of nitrogens with two attached hydrogens (primary N) is 1. The van der Waals surface area contributed by atoms with Gasteiger partial charge in [0, 0.05) is 101 Å². The summed E-state index contributed by atoms with van der Waals surface area (Å²) in [6.45, 7) is 14.8. The van der Waals surface area contributed by atoms with Crippen molar-refractivity contribution in [1.29, 1.82) is 0 Å². The van der Waals surface area contributed by atoms with Gasteiger partial charge in [-0.1, -0.05) is 77.5 Å². The maximum atomic E-state index is 14.6. The standard InChI is InChI=1S/C75H105IN8O28S3.CH4/c1-16-84(40(7)85)43-34-105-53(31-48(43)100-11)110-66-61(94)58(83-112-54-30-45(87)68(39(6)106-54)114-70(97)55-36(3)57(76)64(67(103-14)63(55)101-12)111-71-62(95)65(102-13)60(93)38(5)108-71)37(4)107-72(66)109-47-22-19-17-18-20-26-75(99)32-46(88)59(80-73(98)104-15)56(47)41(75)25-27-113-115-74(8,9)33-52(92)81-82-69(96)35(2)28-44(86)42(29-49(77)89)79-51(91)24-21-23-50(90)78-10;/h17-18,25,35,37-39,42-43,45,47-48,53-54,58,60-62,65-66,68,71-72,83,87,93-95,99H,16,21,23-24,27-34H2,1-15H3,(H2,77,89)(H,78,90)(H,79,91)(H,80,98)(H,81,92)(H,82,96);1H4/b18-17-,41-25+;/t35-,37?,38?,39?,42+,43?,45?,47+,48?,53?,54?,58?,60?,61?,62?,65?,66?,68?,71?,72?,75+;/m1./s1. The third kappa shape index (κ3) is 25.4. The Hall–Kier alpha value is -6.76. The topological polar surface area (TPSA) is 493 Å². The van der Waals surface area contributed by atoms with Crippen LogP contribution < -0.4 is 52.2 Å². The SMILES string of the molecule is C.CCN(C(C)=O)C1COC(OC2C(O[C@H]3C#C/C=C\C#C[C@]4(O)CC(=O)C(NC(=O)OC)=C3/C4=C\CSSC(C)(C)CC(=O)NNC(=O)[C@H](C)CC(=O)[C@H](CC(N)=O)NC(=O)CCCC(=O)NC)OC(C)C(NOC3CC(O)C(SC(=O)c4c(C)c(I)c(OC5OC(C)C(O)C(OC)C5O)c(OC)c4OC)C(C)O3)C2O)CC1OC. The monoisotopic (exact) mass is 1800 g/mol. The Morgan fingerprint density at radius 2 is 1.52 bits per heavy atom. The number of likely N-dealkylation sites (N-methyl/N-ethyl adjacent to an activating group) is 1. The molecule has 0 radical (unpaired) electrons. The average molecular weight is 1810 g/mol. The molecule has 2 bridgehead atoms. The maximum absolute atomic E-state index is 14.6. The van der Waals surface area contributed by atoms with Crippen LogP contribution in [0.3, 0.4) is 0 Å². The Bertz CT molecular complexity index is 3920. The van der Waals surface area contributed by atoms with Crippen LogP contribution in [-0.4, -0.2) is 276 Å². The molecule has 13 N–H and O–H groups in total. The Morgan fingerprint density at radius 3 is 2.15 bits per heavy atom. The summed E-state index contributed by atoms with van der Waals surface area (Å²) < 4.78 is 72.1. The number of hydroxylamine groups is 1. The Labute approximate surface area is 699 Å². The zero-order chi connectivity index (χ0) is 85.1. The van der Waals surface area contributed by atoms with Crippen molar-refractivity contribution in [2.75, 3.05) is 61.5 Å². The summed E-state index contributed by atoms with van der Waals surface area (Å²) in [5.74, 6) is 5.38. The minimum Gasteiger partial charge on any atom is -0.492 e. The minimum atomic E-state index is -2.30. The van der Waals surface area contributed by atoms with Crippen molar-refractivity contribution in [2.45, 2.75) is 254 Å². The van der Waals surface area contributed by atoms with E-state index in [9.17, 15) is 73.5 Å². The molecular weight excluding hydrogens is 1700 g/mol. The molecule has 4 saturated heterocycles. The lowest BCUT2D eigenvalue weighted by Gasteiger charge is -2.47. The number of nitrogens with one attached hydrogen (secondary N) is 6. The van der Waals surface area contributed by atoms with E-state index in [1.807, 2.05) is 22.6 Å². The van der Waals surface area contributed by atoms with Gasteiger partial charge in [0.05, 0.1) is 110 Å². The quantitative estimate of drug-likeness (QED) is 0.0152. The van der Waals surface area contributed by atoms with E-state index in [0.717, 1.165) is 18.9 Å². The number of ether oxygens (including phenoxy) is 12. The molecule has 7 amide bonds. The summed E-state index contributed by atoms with van der Waals surface area (Å²) in [6.07, 6.45) is -17.8. The van der Waals surface area contributed by atoms with E-state index in [2.05, 4.69) is 56.0 Å². The lowest BCUT2D eigenvalue weighted by atomic mass is 9.75. The second-order valence-corrected chi connectivity index (χ2v) is 33.8. The van der Waals surface area contributed by atoms with Crippen LogP contribution in [0.15, 0.2) is 35.1 Å². The minimum absolute atomic E-state index is 0. The molecule has 7 rings (SSSR count). The number of carbonyl (C=O) groups excluding carboxylic acids is 10. The van der Waals surface area contributed by atoms with Gasteiger partial charge in [-0.15, -0.1) is 0 Å². The molecule has 17 unspecified atom stereocenters. The number of carbonyl (C=O) groups is 10. The predicted molar refractivity (Wildman–Crippen MR) is 430 cm³/mol. The summed E-state index contributed by atoms with van der Waals surface area (Å²) in [4.78, 5) is 139. The molecule has 40 heteroatoms. The van der Waals surface area contributed by atoms with Crippen LogP contribution in [0.5, 0.6) is 17.2 Å². The Morgan fingerprint density at radius 1 is 0.836 bits per heavy atom. The predicted octanol–water partition coefficient (Wildman–Crippen LogP) is 2.00. The van der Waals surface area contributed by atoms with Crippen LogP contribution in [0, 0.1) is 40.1 Å². The van der Waals surface area contributed by atoms with Gasteiger partial charge in [0.25, 0.3) is 0 Å². The van der Waals surface area contributed by atoms with Crippen molar-refractivity contribution in [3.05, 3.63) is 49.8 Å². The van der Waals surface area contributed by atoms with E-state index < -0.39 is 203 Å². The fraction of sp³-hybridized carbons (Fsp3) is 0.658. The molecule has 6 aliphatic rings. The number of hydrogen-bond acceptors (Lipinski definition) is 32. The molecular formula is C76H109IN8O28S3. The zero-order valence-electron chi connectivity index (χ0n) is 66.5. The molecule has 21 atom stereocenters. The third-order valence-corrected chi connectivity index (χ3v) is 25.5. The number of hydrogen-bond donors (Lipinski definition) is 12. The number of fused-ring (bicyclic) bond motifs is 2. The van der Waals surface area contributed by atoms with Gasteiger partial charge < -0.3 is 104 Å². The first-order valence-corrected chi connectivity index (χ1v) is 41.3. The van der Waals surface area contributed by atoms with Gasteiger partial charge in [-0.25, -0.2) is 4.79 Å². The van der Waals surface area contributed by atoms with Gasteiger partial charge in [0.2, 0.25) is 52.6 Å². The van der Waals surface area contributed by atoms with Crippen LogP contribution >= 0.6 is 55.9 Å². The summed E-state index contributed by atoms with van der Waals surface area (Å²) in [6, 6.07) is -3.15. The Kier molecular flexibility index (Phi) is 38.1. The second-order valence-electron chi connectivity index (χ2n) is 28.5. The van der Waals surface area contributed by atoms with Crippen LogP contribution in [0.25, 0.3) is 0 Å². The number of hydrazine groups is 1. The number of nitrogens with zero attached hydrogens (tertiary/aromatic N) is 1. The second kappa shape index (κ2) is 45.0. The number of primary amides is 1. The molecule has 1 aromatic rings. The van der Waals surface area contributed by atoms with E-state index in [1.165, 1.54) is 89.2 Å². The van der Waals surface area contributed by atoms with Crippen molar-refractivity contribution in [3.63, 3.8) is 0 Å². The first kappa shape index (κ1) is 98.1. The van der Waals surface area contributed by atoms with Crippen molar-refractivity contribution in [1.82, 2.24) is 37.2 Å². The Balaban J connectivity index is 0.0000209. The molecule has 646 valence electrons. The maximum Gasteiger partial charge on any atom is 0.411 e. The van der Waals surface area contributed by atoms with E-state index >= 15 is 0 Å². The average Bonchev–Trinajstić information content (AvgIpc) is 0.755.